The van der Waals surface area contributed by atoms with E-state index in [0.717, 1.165) is 16.5 Å². The number of rotatable bonds is 5. The standard InChI is InChI=1S/C19H19N3O3/c1-25-19(24)17(22-18(23)12-5-4-6-14(20)9-12)10-13-11-21-16-8-3-2-7-15(13)16/h2-9,11,17,21H,10,20H2,1H3,(H,22,23)/t17-/m0/s1. The van der Waals surface area contributed by atoms with Gasteiger partial charge in [-0.2, -0.15) is 0 Å². The van der Waals surface area contributed by atoms with Gasteiger partial charge in [-0.1, -0.05) is 24.3 Å². The number of ether oxygens (including phenoxy) is 1. The second-order valence-corrected chi connectivity index (χ2v) is 5.74. The normalized spacial score (nSPS) is 11.9. The zero-order valence-electron chi connectivity index (χ0n) is 13.8. The Hall–Kier alpha value is -3.28. The van der Waals surface area contributed by atoms with E-state index in [-0.39, 0.29) is 5.91 Å². The second kappa shape index (κ2) is 7.09. The highest BCUT2D eigenvalue weighted by Crippen LogP contribution is 2.19. The lowest BCUT2D eigenvalue weighted by atomic mass is 10.0. The van der Waals surface area contributed by atoms with Crippen LogP contribution in [0.25, 0.3) is 10.9 Å². The first-order chi connectivity index (χ1) is 12.1. The molecule has 0 saturated heterocycles. The van der Waals surface area contributed by atoms with E-state index in [1.807, 2.05) is 30.5 Å². The highest BCUT2D eigenvalue weighted by atomic mass is 16.5. The number of anilines is 1. The maximum absolute atomic E-state index is 12.4. The quantitative estimate of drug-likeness (QED) is 0.491. The summed E-state index contributed by atoms with van der Waals surface area (Å²) in [6.45, 7) is 0. The zero-order chi connectivity index (χ0) is 17.8. The molecule has 1 heterocycles. The van der Waals surface area contributed by atoms with E-state index in [4.69, 9.17) is 10.5 Å². The number of nitrogens with two attached hydrogens (primary N) is 1. The summed E-state index contributed by atoms with van der Waals surface area (Å²) in [6, 6.07) is 13.6. The monoisotopic (exact) mass is 337 g/mol. The molecule has 6 nitrogen and oxygen atoms in total. The summed E-state index contributed by atoms with van der Waals surface area (Å²) < 4.78 is 4.85. The minimum Gasteiger partial charge on any atom is -0.467 e. The maximum Gasteiger partial charge on any atom is 0.328 e. The number of methoxy groups -OCH3 is 1. The molecule has 0 spiro atoms. The topological polar surface area (TPSA) is 97.2 Å². The minimum atomic E-state index is -0.793. The molecule has 1 atom stereocenters. The molecule has 0 radical (unpaired) electrons. The molecule has 3 aromatic rings. The van der Waals surface area contributed by atoms with Gasteiger partial charge in [-0.05, 0) is 29.8 Å². The number of amides is 1. The summed E-state index contributed by atoms with van der Waals surface area (Å²) in [4.78, 5) is 27.7. The number of aromatic nitrogens is 1. The van der Waals surface area contributed by atoms with Gasteiger partial charge in [0.25, 0.3) is 5.91 Å². The molecule has 1 amide bonds. The van der Waals surface area contributed by atoms with Gasteiger partial charge in [-0.3, -0.25) is 4.79 Å². The van der Waals surface area contributed by atoms with Crippen LogP contribution in [0.15, 0.2) is 54.7 Å². The van der Waals surface area contributed by atoms with Crippen molar-refractivity contribution in [2.75, 3.05) is 12.8 Å². The summed E-state index contributed by atoms with van der Waals surface area (Å²) in [5, 5.41) is 3.74. The van der Waals surface area contributed by atoms with Crippen LogP contribution in [0.5, 0.6) is 0 Å². The highest BCUT2D eigenvalue weighted by molar-refractivity contribution is 5.97. The average Bonchev–Trinajstić information content (AvgIpc) is 3.03. The van der Waals surface area contributed by atoms with Crippen LogP contribution in [0.2, 0.25) is 0 Å². The summed E-state index contributed by atoms with van der Waals surface area (Å²) in [5.74, 6) is -0.870. The molecule has 25 heavy (non-hydrogen) atoms. The Morgan fingerprint density at radius 2 is 2.00 bits per heavy atom. The van der Waals surface area contributed by atoms with Crippen LogP contribution >= 0.6 is 0 Å². The van der Waals surface area contributed by atoms with Gasteiger partial charge >= 0.3 is 5.97 Å². The number of hydrogen-bond acceptors (Lipinski definition) is 4. The third-order valence-electron chi connectivity index (χ3n) is 4.04. The molecule has 0 aliphatic rings. The van der Waals surface area contributed by atoms with Crippen molar-refractivity contribution in [1.82, 2.24) is 10.3 Å². The third kappa shape index (κ3) is 3.63. The van der Waals surface area contributed by atoms with Crippen LogP contribution < -0.4 is 11.1 Å². The fourth-order valence-corrected chi connectivity index (χ4v) is 2.78. The number of hydrogen-bond donors (Lipinski definition) is 3. The molecule has 4 N–H and O–H groups in total. The fourth-order valence-electron chi connectivity index (χ4n) is 2.78. The molecular weight excluding hydrogens is 318 g/mol. The van der Waals surface area contributed by atoms with Gasteiger partial charge in [0.1, 0.15) is 6.04 Å². The molecule has 2 aromatic carbocycles. The summed E-state index contributed by atoms with van der Waals surface area (Å²) >= 11 is 0. The number of carbonyl (C=O) groups excluding carboxylic acids is 2. The van der Waals surface area contributed by atoms with Gasteiger partial charge in [-0.25, -0.2) is 4.79 Å². The van der Waals surface area contributed by atoms with Crippen molar-refractivity contribution < 1.29 is 14.3 Å². The Morgan fingerprint density at radius 3 is 2.76 bits per heavy atom. The lowest BCUT2D eigenvalue weighted by Crippen LogP contribution is -2.43. The summed E-state index contributed by atoms with van der Waals surface area (Å²) in [5.41, 5.74) is 8.50. The lowest BCUT2D eigenvalue weighted by molar-refractivity contribution is -0.142. The molecule has 0 fully saturated rings. The number of para-hydroxylation sites is 1. The molecule has 1 aromatic heterocycles. The smallest absolute Gasteiger partial charge is 0.328 e. The van der Waals surface area contributed by atoms with Crippen molar-refractivity contribution in [2.24, 2.45) is 0 Å². The van der Waals surface area contributed by atoms with Crippen LogP contribution in [0, 0.1) is 0 Å². The Bertz CT molecular complexity index is 917. The number of H-pyrrole nitrogens is 1. The Kier molecular flexibility index (Phi) is 4.70. The summed E-state index contributed by atoms with van der Waals surface area (Å²) in [7, 11) is 1.30. The van der Waals surface area contributed by atoms with Gasteiger partial charge in [0, 0.05) is 34.8 Å². The maximum atomic E-state index is 12.4. The third-order valence-corrected chi connectivity index (χ3v) is 4.04. The average molecular weight is 337 g/mol. The molecule has 128 valence electrons. The van der Waals surface area contributed by atoms with E-state index < -0.39 is 12.0 Å². The highest BCUT2D eigenvalue weighted by Gasteiger charge is 2.23. The lowest BCUT2D eigenvalue weighted by Gasteiger charge is -2.16. The molecular formula is C19H19N3O3. The Labute approximate surface area is 145 Å². The molecule has 0 aliphatic heterocycles. The van der Waals surface area contributed by atoms with E-state index >= 15 is 0 Å². The van der Waals surface area contributed by atoms with E-state index in [9.17, 15) is 9.59 Å². The number of nitrogens with one attached hydrogen (secondary N) is 2. The predicted molar refractivity (Wildman–Crippen MR) is 96.1 cm³/mol. The van der Waals surface area contributed by atoms with Crippen molar-refractivity contribution >= 4 is 28.5 Å². The van der Waals surface area contributed by atoms with Crippen LogP contribution in [0.3, 0.4) is 0 Å². The molecule has 3 rings (SSSR count). The number of esters is 1. The van der Waals surface area contributed by atoms with Crippen molar-refractivity contribution in [3.63, 3.8) is 0 Å². The number of nitrogen functional groups attached to an aromatic ring is 1. The minimum absolute atomic E-state index is 0.324. The molecule has 0 aliphatic carbocycles. The van der Waals surface area contributed by atoms with Crippen molar-refractivity contribution in [3.05, 3.63) is 65.9 Å². The fraction of sp³-hybridized carbons (Fsp3) is 0.158. The van der Waals surface area contributed by atoms with Crippen molar-refractivity contribution in [1.29, 1.82) is 0 Å². The molecule has 0 unspecified atom stereocenters. The predicted octanol–water partition coefficient (Wildman–Crippen LogP) is 2.26. The van der Waals surface area contributed by atoms with Crippen LogP contribution in [0.4, 0.5) is 5.69 Å². The van der Waals surface area contributed by atoms with E-state index in [1.54, 1.807) is 24.3 Å². The van der Waals surface area contributed by atoms with Gasteiger partial charge in [0.15, 0.2) is 0 Å². The number of aromatic amines is 1. The van der Waals surface area contributed by atoms with Gasteiger partial charge < -0.3 is 20.8 Å². The number of carbonyl (C=O) groups is 2. The Morgan fingerprint density at radius 1 is 1.20 bits per heavy atom. The zero-order valence-corrected chi connectivity index (χ0v) is 13.8. The van der Waals surface area contributed by atoms with Gasteiger partial charge in [0.05, 0.1) is 7.11 Å². The van der Waals surface area contributed by atoms with Gasteiger partial charge in [-0.15, -0.1) is 0 Å². The molecule has 0 saturated carbocycles. The number of benzene rings is 2. The van der Waals surface area contributed by atoms with E-state index in [0.29, 0.717) is 17.7 Å². The number of fused-ring (bicyclic) bond motifs is 1. The largest absolute Gasteiger partial charge is 0.467 e. The summed E-state index contributed by atoms with van der Waals surface area (Å²) in [6.07, 6.45) is 2.16. The van der Waals surface area contributed by atoms with Crippen molar-refractivity contribution in [3.8, 4) is 0 Å². The first-order valence-corrected chi connectivity index (χ1v) is 7.87. The van der Waals surface area contributed by atoms with Crippen molar-refractivity contribution in [2.45, 2.75) is 12.5 Å². The first-order valence-electron chi connectivity index (χ1n) is 7.87. The molecule has 0 bridgehead atoms. The molecule has 6 heteroatoms. The van der Waals surface area contributed by atoms with Gasteiger partial charge in [0.2, 0.25) is 0 Å². The second-order valence-electron chi connectivity index (χ2n) is 5.74. The van der Waals surface area contributed by atoms with E-state index in [2.05, 4.69) is 10.3 Å². The van der Waals surface area contributed by atoms with Crippen LogP contribution in [0.1, 0.15) is 15.9 Å². The van der Waals surface area contributed by atoms with Crippen LogP contribution in [-0.2, 0) is 16.0 Å². The van der Waals surface area contributed by atoms with Crippen LogP contribution in [-0.4, -0.2) is 30.0 Å². The Balaban J connectivity index is 1.83. The first kappa shape index (κ1) is 16.6. The SMILES string of the molecule is COC(=O)[C@H](Cc1c[nH]c2ccccc12)NC(=O)c1cccc(N)c1. The van der Waals surface area contributed by atoms with E-state index in [1.165, 1.54) is 7.11 Å².